The SMILES string of the molecule is COc1cc([C@@H]2CC(=O)Nc3c2cc(Br)c2ccccc32)ccc1O. The first-order chi connectivity index (χ1) is 12.1. The lowest BCUT2D eigenvalue weighted by atomic mass is 9.83. The molecule has 0 fully saturated rings. The van der Waals surface area contributed by atoms with Crippen molar-refractivity contribution >= 4 is 38.3 Å². The Bertz CT molecular complexity index is 1000. The van der Waals surface area contributed by atoms with Gasteiger partial charge in [0.2, 0.25) is 5.91 Å². The third kappa shape index (κ3) is 2.65. The van der Waals surface area contributed by atoms with Gasteiger partial charge in [-0.25, -0.2) is 0 Å². The molecular formula is C20H16BrNO3. The van der Waals surface area contributed by atoms with E-state index in [2.05, 4.69) is 27.3 Å². The molecule has 3 aromatic rings. The molecule has 0 saturated carbocycles. The zero-order valence-corrected chi connectivity index (χ0v) is 15.1. The molecule has 2 N–H and O–H groups in total. The minimum absolute atomic E-state index is 0.0167. The average Bonchev–Trinajstić information content (AvgIpc) is 2.63. The highest BCUT2D eigenvalue weighted by atomic mass is 79.9. The van der Waals surface area contributed by atoms with E-state index in [0.717, 1.165) is 32.1 Å². The molecule has 0 unspecified atom stereocenters. The summed E-state index contributed by atoms with van der Waals surface area (Å²) in [5.41, 5.74) is 2.85. The number of amides is 1. The molecule has 0 saturated heterocycles. The first-order valence-electron chi connectivity index (χ1n) is 7.96. The highest BCUT2D eigenvalue weighted by molar-refractivity contribution is 9.10. The minimum atomic E-state index is -0.0980. The van der Waals surface area contributed by atoms with Crippen LogP contribution in [0.25, 0.3) is 10.8 Å². The predicted molar refractivity (Wildman–Crippen MR) is 101 cm³/mol. The van der Waals surface area contributed by atoms with Crippen molar-refractivity contribution in [3.05, 3.63) is 64.1 Å². The summed E-state index contributed by atoms with van der Waals surface area (Å²) in [5, 5.41) is 15.0. The lowest BCUT2D eigenvalue weighted by molar-refractivity contribution is -0.116. The molecule has 1 aliphatic rings. The molecule has 0 aliphatic carbocycles. The first-order valence-corrected chi connectivity index (χ1v) is 8.75. The van der Waals surface area contributed by atoms with Crippen molar-refractivity contribution in [1.82, 2.24) is 0 Å². The van der Waals surface area contributed by atoms with E-state index < -0.39 is 0 Å². The Labute approximate surface area is 153 Å². The highest BCUT2D eigenvalue weighted by Gasteiger charge is 2.29. The zero-order valence-electron chi connectivity index (χ0n) is 13.5. The van der Waals surface area contributed by atoms with Crippen molar-refractivity contribution in [2.45, 2.75) is 12.3 Å². The van der Waals surface area contributed by atoms with Crippen LogP contribution < -0.4 is 10.1 Å². The summed E-state index contributed by atoms with van der Waals surface area (Å²) in [6.07, 6.45) is 0.353. The maximum absolute atomic E-state index is 12.4. The summed E-state index contributed by atoms with van der Waals surface area (Å²) < 4.78 is 6.22. The van der Waals surface area contributed by atoms with Crippen LogP contribution in [0.2, 0.25) is 0 Å². The summed E-state index contributed by atoms with van der Waals surface area (Å²) in [6, 6.07) is 15.3. The second-order valence-corrected chi connectivity index (χ2v) is 6.96. The molecule has 1 aliphatic heterocycles. The van der Waals surface area contributed by atoms with Crippen molar-refractivity contribution < 1.29 is 14.6 Å². The number of hydrogen-bond donors (Lipinski definition) is 2. The fourth-order valence-electron chi connectivity index (χ4n) is 3.46. The number of fused-ring (bicyclic) bond motifs is 3. The zero-order chi connectivity index (χ0) is 17.6. The van der Waals surface area contributed by atoms with E-state index in [9.17, 15) is 9.90 Å². The number of phenolic OH excluding ortho intramolecular Hbond substituents is 1. The molecule has 1 heterocycles. The van der Waals surface area contributed by atoms with Crippen LogP contribution in [-0.2, 0) is 4.79 Å². The molecule has 1 atom stereocenters. The van der Waals surface area contributed by atoms with Gasteiger partial charge >= 0.3 is 0 Å². The van der Waals surface area contributed by atoms with E-state index in [1.165, 1.54) is 7.11 Å². The normalized spacial score (nSPS) is 16.4. The maximum Gasteiger partial charge on any atom is 0.225 e. The molecule has 1 amide bonds. The predicted octanol–water partition coefficient (Wildman–Crippen LogP) is 4.79. The lowest BCUT2D eigenvalue weighted by Crippen LogP contribution is -2.23. The van der Waals surface area contributed by atoms with Crippen molar-refractivity contribution in [3.63, 3.8) is 0 Å². The topological polar surface area (TPSA) is 58.6 Å². The molecule has 0 aromatic heterocycles. The second-order valence-electron chi connectivity index (χ2n) is 6.10. The van der Waals surface area contributed by atoms with Gasteiger partial charge < -0.3 is 15.2 Å². The first kappa shape index (κ1) is 16.0. The Morgan fingerprint density at radius 3 is 2.68 bits per heavy atom. The molecule has 5 heteroatoms. The fourth-order valence-corrected chi connectivity index (χ4v) is 4.05. The van der Waals surface area contributed by atoms with Gasteiger partial charge in [0.1, 0.15) is 0 Å². The highest BCUT2D eigenvalue weighted by Crippen LogP contribution is 2.44. The van der Waals surface area contributed by atoms with Crippen LogP contribution in [0.4, 0.5) is 5.69 Å². The lowest BCUT2D eigenvalue weighted by Gasteiger charge is -2.28. The molecule has 4 rings (SSSR count). The van der Waals surface area contributed by atoms with Crippen LogP contribution in [0, 0.1) is 0 Å². The molecule has 0 spiro atoms. The molecule has 0 bridgehead atoms. The van der Waals surface area contributed by atoms with Gasteiger partial charge in [-0.3, -0.25) is 4.79 Å². The number of aromatic hydroxyl groups is 1. The Kier molecular flexibility index (Phi) is 3.88. The standard InChI is InChI=1S/C20H16BrNO3/c1-25-18-8-11(6-7-17(18)23)14-10-19(24)22-20-13-5-3-2-4-12(13)16(21)9-15(14)20/h2-9,14,23H,10H2,1H3,(H,22,24)/t14-/m0/s1. The molecular weight excluding hydrogens is 382 g/mol. The number of ether oxygens (including phenoxy) is 1. The number of carbonyl (C=O) groups is 1. The van der Waals surface area contributed by atoms with E-state index in [1.807, 2.05) is 30.3 Å². The largest absolute Gasteiger partial charge is 0.504 e. The van der Waals surface area contributed by atoms with E-state index in [-0.39, 0.29) is 17.6 Å². The van der Waals surface area contributed by atoms with Crippen molar-refractivity contribution in [2.75, 3.05) is 12.4 Å². The van der Waals surface area contributed by atoms with E-state index in [0.29, 0.717) is 12.2 Å². The monoisotopic (exact) mass is 397 g/mol. The Balaban J connectivity index is 1.94. The fraction of sp³-hybridized carbons (Fsp3) is 0.150. The molecule has 0 radical (unpaired) electrons. The van der Waals surface area contributed by atoms with Crippen molar-refractivity contribution in [1.29, 1.82) is 0 Å². The Morgan fingerprint density at radius 2 is 1.92 bits per heavy atom. The van der Waals surface area contributed by atoms with Gasteiger partial charge in [-0.1, -0.05) is 46.3 Å². The van der Waals surface area contributed by atoms with Crippen LogP contribution in [0.15, 0.2) is 53.0 Å². The summed E-state index contributed by atoms with van der Waals surface area (Å²) in [4.78, 5) is 12.4. The number of carbonyl (C=O) groups excluding carboxylic acids is 1. The van der Waals surface area contributed by atoms with Gasteiger partial charge in [0.15, 0.2) is 11.5 Å². The van der Waals surface area contributed by atoms with E-state index in [1.54, 1.807) is 12.1 Å². The third-order valence-corrected chi connectivity index (χ3v) is 5.32. The number of halogens is 1. The number of anilines is 1. The summed E-state index contributed by atoms with van der Waals surface area (Å²) in [7, 11) is 1.52. The Morgan fingerprint density at radius 1 is 1.16 bits per heavy atom. The molecule has 4 nitrogen and oxygen atoms in total. The molecule has 126 valence electrons. The van der Waals surface area contributed by atoms with E-state index >= 15 is 0 Å². The van der Waals surface area contributed by atoms with Crippen LogP contribution in [0.5, 0.6) is 11.5 Å². The van der Waals surface area contributed by atoms with Crippen LogP contribution in [0.3, 0.4) is 0 Å². The van der Waals surface area contributed by atoms with Crippen molar-refractivity contribution in [3.8, 4) is 11.5 Å². The number of nitrogens with one attached hydrogen (secondary N) is 1. The quantitative estimate of drug-likeness (QED) is 0.653. The van der Waals surface area contributed by atoms with Crippen molar-refractivity contribution in [2.24, 2.45) is 0 Å². The summed E-state index contributed by atoms with van der Waals surface area (Å²) >= 11 is 3.65. The molecule has 3 aromatic carbocycles. The van der Waals surface area contributed by atoms with Gasteiger partial charge in [0, 0.05) is 22.2 Å². The number of rotatable bonds is 2. The van der Waals surface area contributed by atoms with Crippen LogP contribution in [-0.4, -0.2) is 18.1 Å². The second kappa shape index (κ2) is 6.08. The van der Waals surface area contributed by atoms with Crippen LogP contribution >= 0.6 is 15.9 Å². The number of phenols is 1. The number of hydrogen-bond acceptors (Lipinski definition) is 3. The van der Waals surface area contributed by atoms with Gasteiger partial charge in [-0.05, 0) is 34.7 Å². The summed E-state index contributed by atoms with van der Waals surface area (Å²) in [6.45, 7) is 0. The smallest absolute Gasteiger partial charge is 0.225 e. The minimum Gasteiger partial charge on any atom is -0.504 e. The maximum atomic E-state index is 12.4. The number of benzene rings is 3. The van der Waals surface area contributed by atoms with Gasteiger partial charge in [-0.2, -0.15) is 0 Å². The van der Waals surface area contributed by atoms with Gasteiger partial charge in [0.05, 0.1) is 12.8 Å². The number of methoxy groups -OCH3 is 1. The average molecular weight is 398 g/mol. The van der Waals surface area contributed by atoms with E-state index in [4.69, 9.17) is 4.74 Å². The van der Waals surface area contributed by atoms with Gasteiger partial charge in [-0.15, -0.1) is 0 Å². The third-order valence-electron chi connectivity index (χ3n) is 4.66. The Hall–Kier alpha value is -2.53. The molecule has 25 heavy (non-hydrogen) atoms. The van der Waals surface area contributed by atoms with Gasteiger partial charge in [0.25, 0.3) is 0 Å². The van der Waals surface area contributed by atoms with Crippen LogP contribution in [0.1, 0.15) is 23.5 Å². The summed E-state index contributed by atoms with van der Waals surface area (Å²) in [5.74, 6) is 0.382.